The van der Waals surface area contributed by atoms with E-state index < -0.39 is 10.0 Å². The summed E-state index contributed by atoms with van der Waals surface area (Å²) in [5, 5.41) is 3.59. The lowest BCUT2D eigenvalue weighted by Crippen LogP contribution is -2.44. The van der Waals surface area contributed by atoms with Crippen LogP contribution in [-0.2, 0) is 10.0 Å². The highest BCUT2D eigenvalue weighted by atomic mass is 32.2. The van der Waals surface area contributed by atoms with Gasteiger partial charge in [-0.2, -0.15) is 9.36 Å². The van der Waals surface area contributed by atoms with Crippen LogP contribution in [0.15, 0.2) is 53.4 Å². The minimum Gasteiger partial charge on any atom is -0.334 e. The number of aromatic nitrogens is 2. The van der Waals surface area contributed by atoms with Gasteiger partial charge >= 0.3 is 6.03 Å². The van der Waals surface area contributed by atoms with Crippen LogP contribution in [0.2, 0.25) is 0 Å². The van der Waals surface area contributed by atoms with Crippen LogP contribution in [0.3, 0.4) is 0 Å². The van der Waals surface area contributed by atoms with Gasteiger partial charge in [-0.3, -0.25) is 10.1 Å². The topological polar surface area (TPSA) is 125 Å². The van der Waals surface area contributed by atoms with E-state index in [4.69, 9.17) is 0 Å². The van der Waals surface area contributed by atoms with E-state index in [0.29, 0.717) is 28.1 Å². The number of nitrogens with one attached hydrogen (secondary N) is 4. The van der Waals surface area contributed by atoms with Crippen molar-refractivity contribution in [2.45, 2.75) is 110 Å². The van der Waals surface area contributed by atoms with Crippen molar-refractivity contribution in [3.63, 3.8) is 0 Å². The molecule has 3 unspecified atom stereocenters. The summed E-state index contributed by atoms with van der Waals surface area (Å²) in [5.41, 5.74) is 7.51. The maximum absolute atomic E-state index is 12.9. The van der Waals surface area contributed by atoms with Crippen LogP contribution in [0.25, 0.3) is 11.4 Å². The first-order valence-electron chi connectivity index (χ1n) is 16.0. The Morgan fingerprint density at radius 2 is 1.59 bits per heavy atom. The van der Waals surface area contributed by atoms with Gasteiger partial charge in [0.1, 0.15) is 0 Å². The molecule has 3 aromatic rings. The van der Waals surface area contributed by atoms with Gasteiger partial charge in [0.25, 0.3) is 10.0 Å². The molecule has 0 spiro atoms. The van der Waals surface area contributed by atoms with E-state index in [1.54, 1.807) is 36.4 Å². The summed E-state index contributed by atoms with van der Waals surface area (Å²) in [4.78, 5) is 17.5. The summed E-state index contributed by atoms with van der Waals surface area (Å²) in [5.74, 6) is 1.83. The Balaban J connectivity index is 1.55. The molecule has 44 heavy (non-hydrogen) atoms. The molecule has 0 bridgehead atoms. The number of urea groups is 1. The van der Waals surface area contributed by atoms with E-state index in [1.807, 2.05) is 19.1 Å². The first kappa shape index (κ1) is 35.3. The van der Waals surface area contributed by atoms with E-state index >= 15 is 0 Å². The monoisotopic (exact) mass is 642 g/mol. The Kier molecular flexibility index (Phi) is 14.4. The summed E-state index contributed by atoms with van der Waals surface area (Å²) >= 11 is 1.11. The maximum atomic E-state index is 12.9. The number of carbonyl (C=O) groups is 1. The fraction of sp³-hybridized carbons (Fsp3) is 0.545. The molecule has 0 aliphatic rings. The molecule has 2 aromatic carbocycles. The second-order valence-corrected chi connectivity index (χ2v) is 14.4. The first-order valence-corrected chi connectivity index (χ1v) is 18.2. The first-order chi connectivity index (χ1) is 21.1. The quantitative estimate of drug-likeness (QED) is 0.0767. The van der Waals surface area contributed by atoms with Crippen LogP contribution in [0.5, 0.6) is 0 Å². The van der Waals surface area contributed by atoms with Gasteiger partial charge in [-0.25, -0.2) is 18.6 Å². The minimum atomic E-state index is -3.74. The third-order valence-corrected chi connectivity index (χ3v) is 9.80. The normalized spacial score (nSPS) is 13.6. The lowest BCUT2D eigenvalue weighted by atomic mass is 9.93. The van der Waals surface area contributed by atoms with Crippen LogP contribution in [0.4, 0.5) is 15.6 Å². The highest BCUT2D eigenvalue weighted by Crippen LogP contribution is 2.25. The Morgan fingerprint density at radius 3 is 2.32 bits per heavy atom. The van der Waals surface area contributed by atoms with Crippen molar-refractivity contribution in [3.8, 4) is 11.4 Å². The van der Waals surface area contributed by atoms with Crippen molar-refractivity contribution in [2.75, 3.05) is 10.1 Å². The number of unbranched alkanes of at least 4 members (excludes halogenated alkanes) is 1. The molecule has 1 heterocycles. The Hall–Kier alpha value is -3.18. The summed E-state index contributed by atoms with van der Waals surface area (Å²) in [6.07, 6.45) is 11.4. The molecule has 1 aromatic heterocycles. The van der Waals surface area contributed by atoms with Crippen molar-refractivity contribution in [3.05, 3.63) is 54.1 Å². The smallest absolute Gasteiger partial charge is 0.333 e. The zero-order valence-corrected chi connectivity index (χ0v) is 28.5. The van der Waals surface area contributed by atoms with Crippen molar-refractivity contribution in [1.29, 1.82) is 0 Å². The van der Waals surface area contributed by atoms with E-state index in [-0.39, 0.29) is 17.0 Å². The van der Waals surface area contributed by atoms with Gasteiger partial charge in [0.05, 0.1) is 4.90 Å². The van der Waals surface area contributed by atoms with Crippen LogP contribution >= 0.6 is 11.5 Å². The number of anilines is 2. The Morgan fingerprint density at radius 1 is 0.886 bits per heavy atom. The lowest BCUT2D eigenvalue weighted by molar-refractivity contribution is 0.235. The molecular formula is C33H50N6O3S2. The summed E-state index contributed by atoms with van der Waals surface area (Å²) in [6, 6.07) is 13.5. The fourth-order valence-corrected chi connectivity index (χ4v) is 7.07. The fourth-order valence-electron chi connectivity index (χ4n) is 5.37. The standard InChI is InChI=1S/C33H50N6O3S2/c1-6-12-24(3)14-8-9-17-28(21-20-25(4)13-7-2)34-32(40)36-37-33-35-31(38-43-33)27-16-11-18-29(23-27)39-44(41,42)30-19-10-15-26(5)22-30/h10-11,15-16,18-19,22-25,28,39H,6-9,12-14,17,20-21H2,1-5H3,(H2,34,36,40)(H,35,37,38). The molecule has 3 atom stereocenters. The van der Waals surface area contributed by atoms with Crippen LogP contribution < -0.4 is 20.9 Å². The number of rotatable bonds is 19. The number of nitrogens with zero attached hydrogens (tertiary/aromatic N) is 2. The molecule has 242 valence electrons. The third kappa shape index (κ3) is 12.1. The van der Waals surface area contributed by atoms with Crippen LogP contribution in [0.1, 0.15) is 97.5 Å². The van der Waals surface area contributed by atoms with Gasteiger partial charge in [-0.1, -0.05) is 96.9 Å². The van der Waals surface area contributed by atoms with Gasteiger partial charge in [0, 0.05) is 28.8 Å². The average molecular weight is 643 g/mol. The van der Waals surface area contributed by atoms with Gasteiger partial charge in [0.15, 0.2) is 5.82 Å². The third-order valence-electron chi connectivity index (χ3n) is 7.79. The van der Waals surface area contributed by atoms with Crippen LogP contribution in [0, 0.1) is 18.8 Å². The Labute approximate surface area is 268 Å². The average Bonchev–Trinajstić information content (AvgIpc) is 3.46. The molecule has 0 aliphatic heterocycles. The number of sulfonamides is 1. The number of amides is 2. The predicted octanol–water partition coefficient (Wildman–Crippen LogP) is 8.52. The minimum absolute atomic E-state index is 0.119. The second kappa shape index (κ2) is 17.9. The van der Waals surface area contributed by atoms with Gasteiger partial charge in [-0.15, -0.1) is 0 Å². The van der Waals surface area contributed by atoms with Gasteiger partial charge < -0.3 is 5.32 Å². The highest BCUT2D eigenvalue weighted by molar-refractivity contribution is 7.92. The molecule has 0 aliphatic carbocycles. The highest BCUT2D eigenvalue weighted by Gasteiger charge is 2.17. The number of carbonyl (C=O) groups excluding carboxylic acids is 1. The largest absolute Gasteiger partial charge is 0.334 e. The summed E-state index contributed by atoms with van der Waals surface area (Å²) in [7, 11) is -3.74. The number of benzene rings is 2. The van der Waals surface area contributed by atoms with Gasteiger partial charge in [0.2, 0.25) is 5.13 Å². The van der Waals surface area contributed by atoms with Crippen molar-refractivity contribution in [2.24, 2.45) is 11.8 Å². The zero-order valence-electron chi connectivity index (χ0n) is 26.9. The summed E-state index contributed by atoms with van der Waals surface area (Å²) in [6.45, 7) is 10.9. The van der Waals surface area contributed by atoms with Gasteiger partial charge in [-0.05, 0) is 67.9 Å². The Bertz CT molecular complexity index is 1410. The lowest BCUT2D eigenvalue weighted by Gasteiger charge is -2.21. The van der Waals surface area contributed by atoms with E-state index in [2.05, 4.69) is 57.9 Å². The molecule has 11 heteroatoms. The maximum Gasteiger partial charge on any atom is 0.333 e. The number of hydrogen-bond donors (Lipinski definition) is 4. The molecule has 9 nitrogen and oxygen atoms in total. The number of hydrogen-bond acceptors (Lipinski definition) is 7. The SMILES string of the molecule is CCCC(C)CCCCC(CCC(C)CCC)NC(=O)NNc1nc(-c2cccc(NS(=O)(=O)c3cccc(C)c3)c2)ns1. The molecule has 0 fully saturated rings. The van der Waals surface area contributed by atoms with Crippen molar-refractivity contribution >= 4 is 38.4 Å². The van der Waals surface area contributed by atoms with Crippen molar-refractivity contribution in [1.82, 2.24) is 20.1 Å². The second-order valence-electron chi connectivity index (χ2n) is 12.0. The predicted molar refractivity (Wildman–Crippen MR) is 182 cm³/mol. The molecule has 3 rings (SSSR count). The molecule has 0 saturated carbocycles. The molecule has 0 radical (unpaired) electrons. The molecule has 0 saturated heterocycles. The summed E-state index contributed by atoms with van der Waals surface area (Å²) < 4.78 is 32.7. The van der Waals surface area contributed by atoms with Crippen molar-refractivity contribution < 1.29 is 13.2 Å². The van der Waals surface area contributed by atoms with E-state index in [1.165, 1.54) is 38.5 Å². The molecule has 4 N–H and O–H groups in total. The zero-order chi connectivity index (χ0) is 32.0. The number of hydrazine groups is 1. The van der Waals surface area contributed by atoms with E-state index in [0.717, 1.165) is 48.7 Å². The molecule has 2 amide bonds. The molecular weight excluding hydrogens is 593 g/mol. The van der Waals surface area contributed by atoms with E-state index in [9.17, 15) is 13.2 Å². The number of aryl methyl sites for hydroxylation is 1. The van der Waals surface area contributed by atoms with Crippen LogP contribution in [-0.4, -0.2) is 29.8 Å².